The zero-order chi connectivity index (χ0) is 33.2. The van der Waals surface area contributed by atoms with Gasteiger partial charge in [0, 0.05) is 5.92 Å². The highest BCUT2D eigenvalue weighted by Crippen LogP contribution is 2.46. The summed E-state index contributed by atoms with van der Waals surface area (Å²) in [6, 6.07) is 23.9. The molecule has 1 amide bonds. The fraction of sp³-hybridized carbons (Fsp3) is 0.286. The summed E-state index contributed by atoms with van der Waals surface area (Å²) in [6.45, 7) is 3.09. The van der Waals surface area contributed by atoms with Gasteiger partial charge in [-0.25, -0.2) is 9.59 Å². The number of hydrogen-bond acceptors (Lipinski definition) is 10. The van der Waals surface area contributed by atoms with Crippen molar-refractivity contribution in [2.24, 2.45) is 5.92 Å². The topological polar surface area (TPSA) is 121 Å². The van der Waals surface area contributed by atoms with Gasteiger partial charge in [-0.3, -0.25) is 4.79 Å². The number of amides is 1. The number of rotatable bonds is 13. The van der Waals surface area contributed by atoms with Crippen LogP contribution in [0.15, 0.2) is 83.3 Å². The molecule has 246 valence electrons. The third kappa shape index (κ3) is 8.70. The van der Waals surface area contributed by atoms with E-state index in [0.29, 0.717) is 37.8 Å². The lowest BCUT2D eigenvalue weighted by atomic mass is 9.91. The number of hydrogen-bond donors (Lipinski definition) is 2. The van der Waals surface area contributed by atoms with Crippen molar-refractivity contribution in [2.45, 2.75) is 25.9 Å². The first-order chi connectivity index (χ1) is 22.9. The Bertz CT molecular complexity index is 1690. The molecule has 1 fully saturated rings. The molecule has 1 atom stereocenters. The van der Waals surface area contributed by atoms with Gasteiger partial charge in [-0.2, -0.15) is 0 Å². The Balaban J connectivity index is 1.40. The summed E-state index contributed by atoms with van der Waals surface area (Å²) < 4.78 is 28.7. The number of para-hydroxylation sites is 3. The van der Waals surface area contributed by atoms with Crippen LogP contribution < -0.4 is 24.8 Å². The Morgan fingerprint density at radius 2 is 1.70 bits per heavy atom. The van der Waals surface area contributed by atoms with Crippen molar-refractivity contribution in [3.63, 3.8) is 0 Å². The second-order valence-electron chi connectivity index (χ2n) is 10.5. The Morgan fingerprint density at radius 3 is 2.45 bits per heavy atom. The fourth-order valence-electron chi connectivity index (χ4n) is 5.12. The van der Waals surface area contributed by atoms with Crippen LogP contribution in [0.2, 0.25) is 0 Å². The maximum Gasteiger partial charge on any atom is 0.351 e. The molecule has 1 saturated heterocycles. The molecule has 1 aliphatic heterocycles. The number of nitrogens with one attached hydrogen (secondary N) is 2. The highest BCUT2D eigenvalue weighted by molar-refractivity contribution is 9.10. The van der Waals surface area contributed by atoms with Gasteiger partial charge in [0.1, 0.15) is 11.5 Å². The van der Waals surface area contributed by atoms with Crippen molar-refractivity contribution in [1.82, 2.24) is 5.32 Å². The van der Waals surface area contributed by atoms with Crippen LogP contribution in [-0.2, 0) is 19.1 Å². The number of thiophene rings is 1. The van der Waals surface area contributed by atoms with Gasteiger partial charge >= 0.3 is 11.9 Å². The number of methoxy groups -OCH3 is 1. The predicted molar refractivity (Wildman–Crippen MR) is 183 cm³/mol. The van der Waals surface area contributed by atoms with E-state index in [0.717, 1.165) is 37.3 Å². The summed E-state index contributed by atoms with van der Waals surface area (Å²) >= 11 is 4.70. The van der Waals surface area contributed by atoms with E-state index in [9.17, 15) is 14.4 Å². The Hall–Kier alpha value is -4.39. The molecule has 0 radical (unpaired) electrons. The summed E-state index contributed by atoms with van der Waals surface area (Å²) in [6.07, 6.45) is 0.734. The van der Waals surface area contributed by atoms with Crippen molar-refractivity contribution in [2.75, 3.05) is 38.7 Å². The van der Waals surface area contributed by atoms with Gasteiger partial charge in [0.2, 0.25) is 0 Å². The highest BCUT2D eigenvalue weighted by atomic mass is 79.9. The molecule has 4 aromatic rings. The third-order valence-corrected chi connectivity index (χ3v) is 9.58. The SMILES string of the molecule is CCOC(=O)COc1c(C(=O)OC)sc(-c2cccc(OC(C(=O)Nc3ccccc3Oc3ccccc3)C3CCNCC3)c2)c1Br. The zero-order valence-electron chi connectivity index (χ0n) is 26.0. The molecule has 0 aliphatic carbocycles. The smallest absolute Gasteiger partial charge is 0.351 e. The van der Waals surface area contributed by atoms with Crippen LogP contribution in [0, 0.1) is 5.92 Å². The van der Waals surface area contributed by atoms with E-state index in [1.54, 1.807) is 31.2 Å². The average molecular weight is 724 g/mol. The molecule has 10 nitrogen and oxygen atoms in total. The summed E-state index contributed by atoms with van der Waals surface area (Å²) in [4.78, 5) is 39.4. The van der Waals surface area contributed by atoms with Gasteiger partial charge in [0.05, 0.1) is 28.8 Å². The molecule has 3 aromatic carbocycles. The largest absolute Gasteiger partial charge is 0.480 e. The first kappa shape index (κ1) is 34.0. The lowest BCUT2D eigenvalue weighted by molar-refractivity contribution is -0.145. The van der Waals surface area contributed by atoms with Crippen LogP contribution in [0.5, 0.6) is 23.0 Å². The van der Waals surface area contributed by atoms with Crippen molar-refractivity contribution < 1.29 is 38.1 Å². The molecular weight excluding hydrogens is 688 g/mol. The van der Waals surface area contributed by atoms with Gasteiger partial charge in [0.25, 0.3) is 5.91 Å². The molecular formula is C35H35BrN2O8S. The summed E-state index contributed by atoms with van der Waals surface area (Å²) in [5.74, 6) is 0.339. The molecule has 1 aromatic heterocycles. The maximum absolute atomic E-state index is 13.9. The Labute approximate surface area is 285 Å². The number of carbonyl (C=O) groups is 3. The van der Waals surface area contributed by atoms with Gasteiger partial charge in [-0.15, -0.1) is 11.3 Å². The molecule has 47 heavy (non-hydrogen) atoms. The Kier molecular flexibility index (Phi) is 11.9. The minimum Gasteiger partial charge on any atom is -0.480 e. The third-order valence-electron chi connectivity index (χ3n) is 7.37. The number of piperidine rings is 1. The van der Waals surface area contributed by atoms with E-state index in [2.05, 4.69) is 26.6 Å². The second kappa shape index (κ2) is 16.4. The summed E-state index contributed by atoms with van der Waals surface area (Å²) in [5, 5.41) is 6.40. The van der Waals surface area contributed by atoms with Crippen molar-refractivity contribution in [1.29, 1.82) is 0 Å². The van der Waals surface area contributed by atoms with Crippen LogP contribution in [0.4, 0.5) is 5.69 Å². The first-order valence-corrected chi connectivity index (χ1v) is 16.8. The van der Waals surface area contributed by atoms with Gasteiger partial charge in [-0.1, -0.05) is 42.5 Å². The molecule has 1 aliphatic rings. The lowest BCUT2D eigenvalue weighted by Gasteiger charge is -2.30. The van der Waals surface area contributed by atoms with Crippen LogP contribution in [0.1, 0.15) is 29.4 Å². The van der Waals surface area contributed by atoms with Gasteiger partial charge in [0.15, 0.2) is 29.1 Å². The van der Waals surface area contributed by atoms with E-state index >= 15 is 0 Å². The molecule has 0 spiro atoms. The standard InChI is InChI=1S/C35H35BrN2O8S/c1-3-43-28(39)21-44-31-29(36)32(47-33(31)35(41)42-2)23-10-9-13-25(20-23)46-30(22-16-18-37-19-17-22)34(40)38-26-14-7-8-15-27(26)45-24-11-5-4-6-12-24/h4-15,20,22,30,37H,3,16-19,21H2,1-2H3,(H,38,40). The summed E-state index contributed by atoms with van der Waals surface area (Å²) in [7, 11) is 1.28. The average Bonchev–Trinajstić information content (AvgIpc) is 3.43. The van der Waals surface area contributed by atoms with Gasteiger partial charge in [-0.05, 0) is 90.7 Å². The fourth-order valence-corrected chi connectivity index (χ4v) is 7.08. The predicted octanol–water partition coefficient (Wildman–Crippen LogP) is 7.08. The molecule has 0 saturated carbocycles. The van der Waals surface area contributed by atoms with Crippen LogP contribution in [-0.4, -0.2) is 57.4 Å². The van der Waals surface area contributed by atoms with Crippen molar-refractivity contribution in [3.05, 3.63) is 88.2 Å². The van der Waals surface area contributed by atoms with Crippen LogP contribution >= 0.6 is 27.3 Å². The number of halogens is 1. The summed E-state index contributed by atoms with van der Waals surface area (Å²) in [5.41, 5.74) is 1.24. The monoisotopic (exact) mass is 722 g/mol. The van der Waals surface area contributed by atoms with E-state index in [1.807, 2.05) is 54.6 Å². The van der Waals surface area contributed by atoms with Crippen LogP contribution in [0.3, 0.4) is 0 Å². The quantitative estimate of drug-likeness (QED) is 0.139. The van der Waals surface area contributed by atoms with E-state index in [-0.39, 0.29) is 35.7 Å². The van der Waals surface area contributed by atoms with Crippen LogP contribution in [0.25, 0.3) is 10.4 Å². The number of anilines is 1. The molecule has 5 rings (SSSR count). The molecule has 2 N–H and O–H groups in total. The minimum absolute atomic E-state index is 0.0376. The number of ether oxygens (including phenoxy) is 5. The Morgan fingerprint density at radius 1 is 0.979 bits per heavy atom. The first-order valence-electron chi connectivity index (χ1n) is 15.2. The second-order valence-corrected chi connectivity index (χ2v) is 12.4. The zero-order valence-corrected chi connectivity index (χ0v) is 28.4. The maximum atomic E-state index is 13.9. The van der Waals surface area contributed by atoms with E-state index in [1.165, 1.54) is 7.11 Å². The minimum atomic E-state index is -0.794. The lowest BCUT2D eigenvalue weighted by Crippen LogP contribution is -2.44. The number of benzene rings is 3. The number of esters is 2. The normalized spacial score (nSPS) is 13.7. The van der Waals surface area contributed by atoms with E-state index < -0.39 is 18.0 Å². The molecule has 12 heteroatoms. The van der Waals surface area contributed by atoms with Gasteiger partial charge < -0.3 is 34.3 Å². The van der Waals surface area contributed by atoms with Crippen molar-refractivity contribution >= 4 is 50.8 Å². The molecule has 0 bridgehead atoms. The molecule has 1 unspecified atom stereocenters. The van der Waals surface area contributed by atoms with E-state index in [4.69, 9.17) is 23.7 Å². The highest BCUT2D eigenvalue weighted by Gasteiger charge is 2.33. The number of carbonyl (C=O) groups excluding carboxylic acids is 3. The van der Waals surface area contributed by atoms with Crippen molar-refractivity contribution in [3.8, 4) is 33.4 Å². The molecule has 2 heterocycles.